The van der Waals surface area contributed by atoms with E-state index >= 15 is 0 Å². The summed E-state index contributed by atoms with van der Waals surface area (Å²) in [4.78, 5) is 27.6. The molecule has 152 valence electrons. The highest BCUT2D eigenvalue weighted by Gasteiger charge is 2.24. The summed E-state index contributed by atoms with van der Waals surface area (Å²) < 4.78 is 57.1. The smallest absolute Gasteiger partial charge is 0.341 e. The molecule has 0 saturated heterocycles. The first-order valence-electron chi connectivity index (χ1n) is 8.12. The summed E-state index contributed by atoms with van der Waals surface area (Å²) in [5.41, 5.74) is -2.55. The first-order chi connectivity index (χ1) is 13.5. The van der Waals surface area contributed by atoms with Crippen LogP contribution in [-0.2, 0) is 0 Å². The van der Waals surface area contributed by atoms with Gasteiger partial charge in [-0.25, -0.2) is 27.3 Å². The Bertz CT molecular complexity index is 1230. The lowest BCUT2D eigenvalue weighted by atomic mass is 10.1. The molecule has 0 aliphatic heterocycles. The Morgan fingerprint density at radius 3 is 2.41 bits per heavy atom. The van der Waals surface area contributed by atoms with E-state index in [9.17, 15) is 32.3 Å². The van der Waals surface area contributed by atoms with Crippen LogP contribution in [0.25, 0.3) is 16.7 Å². The number of aromatic carboxylic acids is 1. The molecule has 0 atom stereocenters. The summed E-state index contributed by atoms with van der Waals surface area (Å²) in [7, 11) is 0. The average Bonchev–Trinajstić information content (AvgIpc) is 2.62. The lowest BCUT2D eigenvalue weighted by Gasteiger charge is -2.17. The van der Waals surface area contributed by atoms with Crippen LogP contribution in [0.3, 0.4) is 0 Å². The van der Waals surface area contributed by atoms with Crippen molar-refractivity contribution in [2.24, 2.45) is 0 Å². The molecule has 0 unspecified atom stereocenters. The van der Waals surface area contributed by atoms with E-state index in [1.165, 1.54) is 0 Å². The van der Waals surface area contributed by atoms with Crippen LogP contribution in [0, 0.1) is 23.3 Å². The van der Waals surface area contributed by atoms with Crippen molar-refractivity contribution in [2.45, 2.75) is 19.9 Å². The third kappa shape index (κ3) is 3.51. The van der Waals surface area contributed by atoms with Crippen LogP contribution in [0.1, 0.15) is 24.2 Å². The fourth-order valence-electron chi connectivity index (χ4n) is 2.71. The van der Waals surface area contributed by atoms with Gasteiger partial charge in [0.1, 0.15) is 10.6 Å². The number of benzene rings is 1. The molecule has 2 heterocycles. The van der Waals surface area contributed by atoms with E-state index in [4.69, 9.17) is 11.6 Å². The number of carboxylic acids is 1. The average molecular weight is 430 g/mol. The second-order valence-corrected chi connectivity index (χ2v) is 6.73. The molecule has 0 fully saturated rings. The van der Waals surface area contributed by atoms with Gasteiger partial charge in [0, 0.05) is 18.3 Å². The van der Waals surface area contributed by atoms with Crippen molar-refractivity contribution in [3.8, 4) is 5.82 Å². The molecule has 3 aromatic rings. The Morgan fingerprint density at radius 2 is 1.83 bits per heavy atom. The molecule has 2 aromatic heterocycles. The van der Waals surface area contributed by atoms with Crippen molar-refractivity contribution in [2.75, 3.05) is 5.32 Å². The van der Waals surface area contributed by atoms with Gasteiger partial charge in [0.25, 0.3) is 0 Å². The number of carboxylic acid groups (broad SMARTS) is 1. The van der Waals surface area contributed by atoms with E-state index in [2.05, 4.69) is 10.3 Å². The number of carbonyl (C=O) groups is 1. The summed E-state index contributed by atoms with van der Waals surface area (Å²) in [5, 5.41) is 10.4. The number of anilines is 1. The van der Waals surface area contributed by atoms with Gasteiger partial charge in [-0.05, 0) is 19.9 Å². The third-order valence-corrected chi connectivity index (χ3v) is 4.26. The molecule has 2 N–H and O–H groups in total. The van der Waals surface area contributed by atoms with Crippen molar-refractivity contribution in [3.63, 3.8) is 0 Å². The normalized spacial score (nSPS) is 11.3. The van der Waals surface area contributed by atoms with Gasteiger partial charge in [0.15, 0.2) is 34.9 Å². The van der Waals surface area contributed by atoms with Crippen LogP contribution < -0.4 is 10.7 Å². The molecule has 3 rings (SSSR count). The maximum Gasteiger partial charge on any atom is 0.341 e. The predicted molar refractivity (Wildman–Crippen MR) is 97.9 cm³/mol. The van der Waals surface area contributed by atoms with E-state index in [1.54, 1.807) is 13.8 Å². The monoisotopic (exact) mass is 429 g/mol. The molecule has 0 spiro atoms. The Hall–Kier alpha value is -3.14. The molecule has 0 saturated carbocycles. The molecule has 0 bridgehead atoms. The van der Waals surface area contributed by atoms with Gasteiger partial charge in [-0.1, -0.05) is 11.6 Å². The van der Waals surface area contributed by atoms with E-state index in [-0.39, 0.29) is 11.9 Å². The molecular weight excluding hydrogens is 418 g/mol. The largest absolute Gasteiger partial charge is 0.477 e. The second-order valence-electron chi connectivity index (χ2n) is 6.35. The molecule has 0 aliphatic carbocycles. The molecule has 0 radical (unpaired) electrons. The Morgan fingerprint density at radius 1 is 1.17 bits per heavy atom. The van der Waals surface area contributed by atoms with Crippen molar-refractivity contribution in [1.29, 1.82) is 0 Å². The van der Waals surface area contributed by atoms with Gasteiger partial charge in [0.2, 0.25) is 5.43 Å². The van der Waals surface area contributed by atoms with Crippen molar-refractivity contribution in [3.05, 3.63) is 62.4 Å². The fraction of sp³-hybridized carbons (Fsp3) is 0.167. The van der Waals surface area contributed by atoms with Crippen molar-refractivity contribution in [1.82, 2.24) is 9.55 Å². The lowest BCUT2D eigenvalue weighted by molar-refractivity contribution is 0.0695. The van der Waals surface area contributed by atoms with Crippen LogP contribution in [0.2, 0.25) is 5.02 Å². The van der Waals surface area contributed by atoms with Gasteiger partial charge in [-0.3, -0.25) is 9.36 Å². The number of hydrogen-bond donors (Lipinski definition) is 2. The SMILES string of the molecule is CC(C)Nc1nc(-n2cc(C(=O)O)c(=O)c3cc(F)c(F)c(Cl)c32)c(F)cc1F. The van der Waals surface area contributed by atoms with Gasteiger partial charge in [-0.15, -0.1) is 0 Å². The number of nitrogens with one attached hydrogen (secondary N) is 1. The van der Waals surface area contributed by atoms with Gasteiger partial charge >= 0.3 is 5.97 Å². The first-order valence-corrected chi connectivity index (χ1v) is 8.49. The highest BCUT2D eigenvalue weighted by atomic mass is 35.5. The molecule has 29 heavy (non-hydrogen) atoms. The zero-order chi connectivity index (χ0) is 21.6. The van der Waals surface area contributed by atoms with Crippen molar-refractivity contribution < 1.29 is 27.5 Å². The van der Waals surface area contributed by atoms with E-state index in [0.29, 0.717) is 22.9 Å². The summed E-state index contributed by atoms with van der Waals surface area (Å²) in [6, 6.07) is 0.632. The number of rotatable bonds is 4. The van der Waals surface area contributed by atoms with Crippen molar-refractivity contribution >= 4 is 34.3 Å². The van der Waals surface area contributed by atoms with Crippen LogP contribution >= 0.6 is 11.6 Å². The Labute approximate surface area is 165 Å². The van der Waals surface area contributed by atoms with Crippen LogP contribution in [0.15, 0.2) is 23.1 Å². The predicted octanol–water partition coefficient (Wildman–Crippen LogP) is 4.11. The third-order valence-electron chi connectivity index (χ3n) is 3.92. The number of halogens is 5. The number of pyridine rings is 2. The van der Waals surface area contributed by atoms with Crippen LogP contribution in [-0.4, -0.2) is 26.7 Å². The standard InChI is InChI=1S/C18H12ClF4N3O3/c1-6(2)24-16-10(21)4-11(22)17(25-16)26-5-8(18(28)29)15(27)7-3-9(20)13(23)12(19)14(7)26/h3-6H,1-2H3,(H,24,25)(H,28,29). The first kappa shape index (κ1) is 20.6. The van der Waals surface area contributed by atoms with E-state index < -0.39 is 62.0 Å². The van der Waals surface area contributed by atoms with Gasteiger partial charge < -0.3 is 10.4 Å². The molecule has 0 amide bonds. The van der Waals surface area contributed by atoms with Gasteiger partial charge in [-0.2, -0.15) is 0 Å². The fourth-order valence-corrected chi connectivity index (χ4v) is 2.99. The van der Waals surface area contributed by atoms with Crippen LogP contribution in [0.5, 0.6) is 0 Å². The Balaban J connectivity index is 2.50. The van der Waals surface area contributed by atoms with E-state index in [0.717, 1.165) is 0 Å². The maximum atomic E-state index is 14.5. The summed E-state index contributed by atoms with van der Waals surface area (Å²) >= 11 is 5.84. The highest BCUT2D eigenvalue weighted by Crippen LogP contribution is 2.30. The highest BCUT2D eigenvalue weighted by molar-refractivity contribution is 6.35. The second kappa shape index (κ2) is 7.36. The number of aromatic nitrogens is 2. The molecular formula is C18H12ClF4N3O3. The summed E-state index contributed by atoms with van der Waals surface area (Å²) in [6.45, 7) is 3.33. The van der Waals surface area contributed by atoms with Crippen LogP contribution in [0.4, 0.5) is 23.4 Å². The number of hydrogen-bond acceptors (Lipinski definition) is 4. The lowest BCUT2D eigenvalue weighted by Crippen LogP contribution is -2.21. The zero-order valence-electron chi connectivity index (χ0n) is 14.9. The number of nitrogens with zero attached hydrogens (tertiary/aromatic N) is 2. The van der Waals surface area contributed by atoms with Gasteiger partial charge in [0.05, 0.1) is 10.9 Å². The minimum atomic E-state index is -1.70. The topological polar surface area (TPSA) is 84.2 Å². The minimum absolute atomic E-state index is 0.300. The summed E-state index contributed by atoms with van der Waals surface area (Å²) in [5.74, 6) is -8.06. The maximum absolute atomic E-state index is 14.5. The molecule has 1 aromatic carbocycles. The number of fused-ring (bicyclic) bond motifs is 1. The molecule has 11 heteroatoms. The Kier molecular flexibility index (Phi) is 5.22. The quantitative estimate of drug-likeness (QED) is 0.481. The zero-order valence-corrected chi connectivity index (χ0v) is 15.6. The molecule has 6 nitrogen and oxygen atoms in total. The summed E-state index contributed by atoms with van der Waals surface area (Å²) in [6.07, 6.45) is 0.665. The van der Waals surface area contributed by atoms with E-state index in [1.807, 2.05) is 0 Å². The molecule has 0 aliphatic rings. The minimum Gasteiger partial charge on any atom is -0.477 e.